The molecule has 4 aromatic rings. The number of aromatic nitrogens is 1. The van der Waals surface area contributed by atoms with Crippen molar-refractivity contribution in [3.63, 3.8) is 0 Å². The molecule has 0 radical (unpaired) electrons. The number of ether oxygens (including phenoxy) is 1. The fraction of sp³-hybridized carbons (Fsp3) is 0.286. The Bertz CT molecular complexity index is 1300. The minimum atomic E-state index is -0.303. The van der Waals surface area contributed by atoms with E-state index < -0.39 is 0 Å². The summed E-state index contributed by atoms with van der Waals surface area (Å²) in [5.74, 6) is 1.71. The van der Waals surface area contributed by atoms with Crippen molar-refractivity contribution in [3.8, 4) is 17.2 Å². The SMILES string of the molecule is CC[C@H](C)c1ccc2oc(-c3ccc(Cl)c(NC(=O)COc4ccc(C(C)C)cc4)c3)nc2c1. The van der Waals surface area contributed by atoms with Gasteiger partial charge in [-0.15, -0.1) is 0 Å². The minimum Gasteiger partial charge on any atom is -0.484 e. The first kappa shape index (κ1) is 23.8. The van der Waals surface area contributed by atoms with Crippen molar-refractivity contribution < 1.29 is 13.9 Å². The van der Waals surface area contributed by atoms with Crippen LogP contribution in [0.1, 0.15) is 57.1 Å². The highest BCUT2D eigenvalue weighted by atomic mass is 35.5. The molecule has 6 heteroatoms. The largest absolute Gasteiger partial charge is 0.484 e. The molecule has 0 saturated carbocycles. The van der Waals surface area contributed by atoms with Crippen LogP contribution in [-0.4, -0.2) is 17.5 Å². The van der Waals surface area contributed by atoms with E-state index >= 15 is 0 Å². The van der Waals surface area contributed by atoms with Gasteiger partial charge in [-0.3, -0.25) is 4.79 Å². The molecule has 1 N–H and O–H groups in total. The van der Waals surface area contributed by atoms with E-state index in [1.807, 2.05) is 36.4 Å². The van der Waals surface area contributed by atoms with Gasteiger partial charge in [0, 0.05) is 5.56 Å². The molecule has 0 aliphatic carbocycles. The summed E-state index contributed by atoms with van der Waals surface area (Å²) in [6, 6.07) is 19.2. The first-order chi connectivity index (χ1) is 16.3. The molecular formula is C28H29ClN2O3. The van der Waals surface area contributed by atoms with Crippen molar-refractivity contribution in [2.24, 2.45) is 0 Å². The summed E-state index contributed by atoms with van der Waals surface area (Å²) in [5.41, 5.74) is 5.19. The Balaban J connectivity index is 1.47. The molecule has 5 nitrogen and oxygen atoms in total. The second-order valence-corrected chi connectivity index (χ2v) is 9.22. The van der Waals surface area contributed by atoms with Crippen LogP contribution in [0.4, 0.5) is 5.69 Å². The number of carbonyl (C=O) groups excluding carboxylic acids is 1. The molecule has 4 rings (SSSR count). The van der Waals surface area contributed by atoms with E-state index in [4.69, 9.17) is 20.8 Å². The van der Waals surface area contributed by atoms with Crippen molar-refractivity contribution in [1.29, 1.82) is 0 Å². The second-order valence-electron chi connectivity index (χ2n) is 8.81. The van der Waals surface area contributed by atoms with Gasteiger partial charge < -0.3 is 14.5 Å². The molecule has 0 saturated heterocycles. The van der Waals surface area contributed by atoms with Crippen LogP contribution in [-0.2, 0) is 4.79 Å². The maximum absolute atomic E-state index is 12.5. The number of fused-ring (bicyclic) bond motifs is 1. The lowest BCUT2D eigenvalue weighted by molar-refractivity contribution is -0.118. The molecular weight excluding hydrogens is 448 g/mol. The summed E-state index contributed by atoms with van der Waals surface area (Å²) in [4.78, 5) is 17.2. The smallest absolute Gasteiger partial charge is 0.262 e. The van der Waals surface area contributed by atoms with Gasteiger partial charge in [-0.25, -0.2) is 4.98 Å². The van der Waals surface area contributed by atoms with Crippen LogP contribution in [0.25, 0.3) is 22.6 Å². The van der Waals surface area contributed by atoms with Crippen molar-refractivity contribution in [1.82, 2.24) is 4.98 Å². The third kappa shape index (κ3) is 5.42. The fourth-order valence-electron chi connectivity index (χ4n) is 3.65. The van der Waals surface area contributed by atoms with E-state index in [-0.39, 0.29) is 12.5 Å². The molecule has 0 bridgehead atoms. The summed E-state index contributed by atoms with van der Waals surface area (Å²) in [5, 5.41) is 3.24. The highest BCUT2D eigenvalue weighted by Gasteiger charge is 2.14. The lowest BCUT2D eigenvalue weighted by atomic mass is 9.98. The van der Waals surface area contributed by atoms with Crippen molar-refractivity contribution in [3.05, 3.63) is 76.8 Å². The maximum atomic E-state index is 12.5. The van der Waals surface area contributed by atoms with Gasteiger partial charge in [0.1, 0.15) is 11.3 Å². The first-order valence-corrected chi connectivity index (χ1v) is 11.9. The summed E-state index contributed by atoms with van der Waals surface area (Å²) < 4.78 is 11.6. The number of benzene rings is 3. The molecule has 1 aromatic heterocycles. The van der Waals surface area contributed by atoms with Gasteiger partial charge in [-0.2, -0.15) is 0 Å². The predicted molar refractivity (Wildman–Crippen MR) is 138 cm³/mol. The Labute approximate surface area is 205 Å². The lowest BCUT2D eigenvalue weighted by Gasteiger charge is -2.11. The van der Waals surface area contributed by atoms with Crippen LogP contribution >= 0.6 is 11.6 Å². The van der Waals surface area contributed by atoms with Gasteiger partial charge >= 0.3 is 0 Å². The third-order valence-corrected chi connectivity index (χ3v) is 6.33. The van der Waals surface area contributed by atoms with Crippen LogP contribution in [0.3, 0.4) is 0 Å². The summed E-state index contributed by atoms with van der Waals surface area (Å²) in [6.45, 7) is 8.50. The van der Waals surface area contributed by atoms with E-state index in [9.17, 15) is 4.79 Å². The highest BCUT2D eigenvalue weighted by molar-refractivity contribution is 6.33. The van der Waals surface area contributed by atoms with E-state index in [1.54, 1.807) is 12.1 Å². The van der Waals surface area contributed by atoms with Crippen LogP contribution in [0.5, 0.6) is 5.75 Å². The predicted octanol–water partition coefficient (Wildman–Crippen LogP) is 7.80. The molecule has 176 valence electrons. The molecule has 1 heterocycles. The van der Waals surface area contributed by atoms with E-state index in [1.165, 1.54) is 11.1 Å². The van der Waals surface area contributed by atoms with E-state index in [0.29, 0.717) is 34.2 Å². The molecule has 1 amide bonds. The normalized spacial score (nSPS) is 12.2. The number of nitrogens with zero attached hydrogens (tertiary/aromatic N) is 1. The monoisotopic (exact) mass is 476 g/mol. The Morgan fingerprint density at radius 2 is 1.76 bits per heavy atom. The Morgan fingerprint density at radius 1 is 1.03 bits per heavy atom. The molecule has 0 aliphatic rings. The topological polar surface area (TPSA) is 64.4 Å². The van der Waals surface area contributed by atoms with Crippen LogP contribution in [0, 0.1) is 0 Å². The van der Waals surface area contributed by atoms with E-state index in [2.05, 4.69) is 50.1 Å². The molecule has 0 spiro atoms. The number of hydrogen-bond donors (Lipinski definition) is 1. The Hall–Kier alpha value is -3.31. The highest BCUT2D eigenvalue weighted by Crippen LogP contribution is 2.32. The van der Waals surface area contributed by atoms with Crippen LogP contribution in [0.15, 0.2) is 65.1 Å². The summed E-state index contributed by atoms with van der Waals surface area (Å²) >= 11 is 6.34. The zero-order chi connectivity index (χ0) is 24.2. The first-order valence-electron chi connectivity index (χ1n) is 11.6. The van der Waals surface area contributed by atoms with Crippen molar-refractivity contribution >= 4 is 34.3 Å². The number of carbonyl (C=O) groups is 1. The van der Waals surface area contributed by atoms with Crippen LogP contribution < -0.4 is 10.1 Å². The summed E-state index contributed by atoms with van der Waals surface area (Å²) in [7, 11) is 0. The zero-order valence-corrected chi connectivity index (χ0v) is 20.6. The molecule has 0 fully saturated rings. The molecule has 0 aliphatic heterocycles. The van der Waals surface area contributed by atoms with Gasteiger partial charge in [-0.1, -0.05) is 57.5 Å². The maximum Gasteiger partial charge on any atom is 0.262 e. The number of halogens is 1. The van der Waals surface area contributed by atoms with E-state index in [0.717, 1.165) is 23.1 Å². The van der Waals surface area contributed by atoms with Gasteiger partial charge in [0.15, 0.2) is 12.2 Å². The molecule has 0 unspecified atom stereocenters. The number of anilines is 1. The number of rotatable bonds is 8. The quantitative estimate of drug-likeness (QED) is 0.281. The standard InChI is InChI=1S/C28H29ClN2O3/c1-5-18(4)20-9-13-26-25(14-20)31-28(34-26)21-8-12-23(29)24(15-21)30-27(32)16-33-22-10-6-19(7-11-22)17(2)3/h6-15,17-18H,5,16H2,1-4H3,(H,30,32)/t18-/m0/s1. The van der Waals surface area contributed by atoms with Crippen molar-refractivity contribution in [2.45, 2.75) is 46.0 Å². The van der Waals surface area contributed by atoms with Gasteiger partial charge in [0.05, 0.1) is 10.7 Å². The summed E-state index contributed by atoms with van der Waals surface area (Å²) in [6.07, 6.45) is 1.06. The molecule has 34 heavy (non-hydrogen) atoms. The Kier molecular flexibility index (Phi) is 7.23. The molecule has 1 atom stereocenters. The zero-order valence-electron chi connectivity index (χ0n) is 19.9. The molecule has 3 aromatic carbocycles. The van der Waals surface area contributed by atoms with Gasteiger partial charge in [0.25, 0.3) is 5.91 Å². The average molecular weight is 477 g/mol. The minimum absolute atomic E-state index is 0.122. The Morgan fingerprint density at radius 3 is 2.47 bits per heavy atom. The number of amides is 1. The number of hydrogen-bond acceptors (Lipinski definition) is 4. The number of oxazole rings is 1. The van der Waals surface area contributed by atoms with Crippen molar-refractivity contribution in [2.75, 3.05) is 11.9 Å². The third-order valence-electron chi connectivity index (χ3n) is 6.00. The van der Waals surface area contributed by atoms with Crippen LogP contribution in [0.2, 0.25) is 5.02 Å². The second kappa shape index (κ2) is 10.3. The van der Waals surface area contributed by atoms with Gasteiger partial charge in [0.2, 0.25) is 5.89 Å². The number of nitrogens with one attached hydrogen (secondary N) is 1. The average Bonchev–Trinajstić information content (AvgIpc) is 3.27. The lowest BCUT2D eigenvalue weighted by Crippen LogP contribution is -2.20. The fourth-order valence-corrected chi connectivity index (χ4v) is 3.81. The van der Waals surface area contributed by atoms with Gasteiger partial charge in [-0.05, 0) is 71.8 Å².